The molecule has 1 fully saturated rings. The second kappa shape index (κ2) is 6.27. The van der Waals surface area contributed by atoms with Gasteiger partial charge in [0.05, 0.1) is 9.95 Å². The zero-order valence-corrected chi connectivity index (χ0v) is 15.3. The molecule has 1 aromatic heterocycles. The fourth-order valence-electron chi connectivity index (χ4n) is 2.70. The fourth-order valence-corrected chi connectivity index (χ4v) is 4.64. The number of allylic oxidation sites excluding steroid dienone is 1. The zero-order valence-electron chi connectivity index (χ0n) is 13.7. The van der Waals surface area contributed by atoms with E-state index in [4.69, 9.17) is 14.9 Å². The van der Waals surface area contributed by atoms with Gasteiger partial charge < -0.3 is 9.47 Å². The Bertz CT molecular complexity index is 920. The smallest absolute Gasteiger partial charge is 0.231 e. The van der Waals surface area contributed by atoms with Gasteiger partial charge in [-0.3, -0.25) is 10.2 Å². The van der Waals surface area contributed by atoms with E-state index in [1.165, 1.54) is 23.1 Å². The van der Waals surface area contributed by atoms with Gasteiger partial charge in [-0.1, -0.05) is 18.7 Å². The predicted molar refractivity (Wildman–Crippen MR) is 97.6 cm³/mol. The van der Waals surface area contributed by atoms with Crippen LogP contribution in [0, 0.1) is 12.3 Å². The highest BCUT2D eigenvalue weighted by Gasteiger charge is 2.39. The van der Waals surface area contributed by atoms with Crippen molar-refractivity contribution >= 4 is 40.0 Å². The third-order valence-electron chi connectivity index (χ3n) is 4.07. The van der Waals surface area contributed by atoms with E-state index in [1.54, 1.807) is 0 Å². The third-order valence-corrected chi connectivity index (χ3v) is 6.19. The summed E-state index contributed by atoms with van der Waals surface area (Å²) in [5.74, 6) is 0.682. The number of nitrogens with one attached hydrogen (secondary N) is 1. The summed E-state index contributed by atoms with van der Waals surface area (Å²) in [6, 6.07) is 3.77. The molecule has 2 aliphatic rings. The molecule has 0 bridgehead atoms. The van der Waals surface area contributed by atoms with Crippen molar-refractivity contribution in [3.05, 3.63) is 38.2 Å². The SMILES string of the molecule is CCc1nnc([C@H]2C(=N)S/C(=C\c3cc4c(cc3C)OCO4)C2=O)s1. The quantitative estimate of drug-likeness (QED) is 0.828. The first-order valence-electron chi connectivity index (χ1n) is 7.81. The molecule has 0 unspecified atom stereocenters. The normalized spacial score (nSPS) is 20.7. The Kier molecular flexibility index (Phi) is 4.09. The van der Waals surface area contributed by atoms with Crippen LogP contribution in [0.2, 0.25) is 0 Å². The van der Waals surface area contributed by atoms with Crippen molar-refractivity contribution in [2.24, 2.45) is 0 Å². The van der Waals surface area contributed by atoms with Gasteiger partial charge in [0.1, 0.15) is 15.9 Å². The first-order chi connectivity index (χ1) is 12.1. The van der Waals surface area contributed by atoms with Crippen LogP contribution in [0.25, 0.3) is 6.08 Å². The van der Waals surface area contributed by atoms with Crippen molar-refractivity contribution in [2.75, 3.05) is 6.79 Å². The first-order valence-corrected chi connectivity index (χ1v) is 9.45. The van der Waals surface area contributed by atoms with Gasteiger partial charge >= 0.3 is 0 Å². The molecule has 2 aromatic rings. The van der Waals surface area contributed by atoms with E-state index in [2.05, 4.69) is 10.2 Å². The van der Waals surface area contributed by atoms with Crippen LogP contribution in [0.1, 0.15) is 34.0 Å². The van der Waals surface area contributed by atoms with Gasteiger partial charge in [0, 0.05) is 0 Å². The summed E-state index contributed by atoms with van der Waals surface area (Å²) in [6.07, 6.45) is 2.60. The highest BCUT2D eigenvalue weighted by atomic mass is 32.2. The third kappa shape index (κ3) is 2.85. The molecule has 128 valence electrons. The molecule has 2 aliphatic heterocycles. The van der Waals surface area contributed by atoms with Crippen LogP contribution >= 0.6 is 23.1 Å². The summed E-state index contributed by atoms with van der Waals surface area (Å²) < 4.78 is 10.8. The molecule has 1 atom stereocenters. The Labute approximate surface area is 152 Å². The van der Waals surface area contributed by atoms with Crippen molar-refractivity contribution in [3.63, 3.8) is 0 Å². The van der Waals surface area contributed by atoms with E-state index < -0.39 is 5.92 Å². The zero-order chi connectivity index (χ0) is 17.6. The number of ketones is 1. The Morgan fingerprint density at radius 1 is 1.32 bits per heavy atom. The van der Waals surface area contributed by atoms with Gasteiger partial charge in [0.15, 0.2) is 17.3 Å². The van der Waals surface area contributed by atoms with Crippen molar-refractivity contribution < 1.29 is 14.3 Å². The minimum Gasteiger partial charge on any atom is -0.454 e. The average molecular weight is 373 g/mol. The van der Waals surface area contributed by atoms with Crippen LogP contribution in [0.5, 0.6) is 11.5 Å². The standard InChI is InChI=1S/C17H15N3O3S2/c1-3-13-19-20-17(25-13)14-15(21)12(24-16(14)18)6-9-5-11-10(4-8(9)2)22-7-23-11/h4-6,14,18H,3,7H2,1-2H3/b12-6-,18-16?/t14-/m1/s1. The number of ether oxygens (including phenoxy) is 2. The molecule has 0 amide bonds. The number of fused-ring (bicyclic) bond motifs is 1. The summed E-state index contributed by atoms with van der Waals surface area (Å²) in [6.45, 7) is 4.17. The highest BCUT2D eigenvalue weighted by Crippen LogP contribution is 2.42. The Hall–Kier alpha value is -2.19. The molecular formula is C17H15N3O3S2. The maximum Gasteiger partial charge on any atom is 0.231 e. The number of aryl methyl sites for hydroxylation is 2. The number of benzene rings is 1. The topological polar surface area (TPSA) is 85.2 Å². The Morgan fingerprint density at radius 2 is 2.08 bits per heavy atom. The van der Waals surface area contributed by atoms with Crippen LogP contribution in [-0.2, 0) is 11.2 Å². The minimum absolute atomic E-state index is 0.0918. The molecule has 3 heterocycles. The number of carbonyl (C=O) groups is 1. The molecule has 0 aliphatic carbocycles. The highest BCUT2D eigenvalue weighted by molar-refractivity contribution is 8.19. The van der Waals surface area contributed by atoms with E-state index in [1.807, 2.05) is 32.1 Å². The van der Waals surface area contributed by atoms with Crippen molar-refractivity contribution in [2.45, 2.75) is 26.2 Å². The maximum atomic E-state index is 12.8. The number of nitrogens with zero attached hydrogens (tertiary/aromatic N) is 2. The number of rotatable bonds is 3. The van der Waals surface area contributed by atoms with Gasteiger partial charge in [-0.15, -0.1) is 21.5 Å². The van der Waals surface area contributed by atoms with Gasteiger partial charge in [0.2, 0.25) is 6.79 Å². The first kappa shape index (κ1) is 16.3. The molecule has 1 N–H and O–H groups in total. The lowest BCUT2D eigenvalue weighted by Gasteiger charge is -2.04. The number of Topliss-reactive ketones (excluding diaryl/α,β-unsaturated/α-hetero) is 1. The van der Waals surface area contributed by atoms with Crippen molar-refractivity contribution in [1.82, 2.24) is 10.2 Å². The van der Waals surface area contributed by atoms with Crippen LogP contribution in [0.15, 0.2) is 17.0 Å². The number of hydrogen-bond acceptors (Lipinski definition) is 8. The Morgan fingerprint density at radius 3 is 2.80 bits per heavy atom. The molecule has 0 radical (unpaired) electrons. The summed E-state index contributed by atoms with van der Waals surface area (Å²) in [5, 5.41) is 18.2. The van der Waals surface area contributed by atoms with Crippen LogP contribution in [0.3, 0.4) is 0 Å². The van der Waals surface area contributed by atoms with E-state index >= 15 is 0 Å². The van der Waals surface area contributed by atoms with Crippen LogP contribution in [-0.4, -0.2) is 27.8 Å². The van der Waals surface area contributed by atoms with Crippen molar-refractivity contribution in [1.29, 1.82) is 5.41 Å². The fraction of sp³-hybridized carbons (Fsp3) is 0.294. The number of carbonyl (C=O) groups excluding carboxylic acids is 1. The van der Waals surface area contributed by atoms with E-state index in [-0.39, 0.29) is 12.6 Å². The Balaban J connectivity index is 1.67. The largest absolute Gasteiger partial charge is 0.454 e. The molecule has 1 aromatic carbocycles. The van der Waals surface area contributed by atoms with Crippen molar-refractivity contribution in [3.8, 4) is 11.5 Å². The maximum absolute atomic E-state index is 12.8. The molecule has 8 heteroatoms. The van der Waals surface area contributed by atoms with Gasteiger partial charge in [-0.05, 0) is 42.7 Å². The number of aromatic nitrogens is 2. The lowest BCUT2D eigenvalue weighted by Crippen LogP contribution is -2.11. The van der Waals surface area contributed by atoms with Gasteiger partial charge in [-0.2, -0.15) is 0 Å². The van der Waals surface area contributed by atoms with Crippen LogP contribution in [0.4, 0.5) is 0 Å². The summed E-state index contributed by atoms with van der Waals surface area (Å²) in [4.78, 5) is 13.4. The summed E-state index contributed by atoms with van der Waals surface area (Å²) in [5.41, 5.74) is 1.88. The van der Waals surface area contributed by atoms with E-state index in [0.29, 0.717) is 20.7 Å². The second-order valence-electron chi connectivity index (χ2n) is 5.72. The van der Waals surface area contributed by atoms with Gasteiger partial charge in [0.25, 0.3) is 0 Å². The molecule has 4 rings (SSSR count). The van der Waals surface area contributed by atoms with Crippen LogP contribution < -0.4 is 9.47 Å². The second-order valence-corrected chi connectivity index (χ2v) is 7.90. The molecular weight excluding hydrogens is 358 g/mol. The van der Waals surface area contributed by atoms with E-state index in [0.717, 1.165) is 28.3 Å². The summed E-state index contributed by atoms with van der Waals surface area (Å²) in [7, 11) is 0. The predicted octanol–water partition coefficient (Wildman–Crippen LogP) is 3.56. The molecule has 25 heavy (non-hydrogen) atoms. The average Bonchev–Trinajstić information content (AvgIpc) is 3.28. The minimum atomic E-state index is -0.622. The lowest BCUT2D eigenvalue weighted by atomic mass is 10.0. The molecule has 0 spiro atoms. The number of hydrogen-bond donors (Lipinski definition) is 1. The lowest BCUT2D eigenvalue weighted by molar-refractivity contribution is -0.114. The molecule has 1 saturated heterocycles. The van der Waals surface area contributed by atoms with Gasteiger partial charge in [-0.25, -0.2) is 0 Å². The summed E-state index contributed by atoms with van der Waals surface area (Å²) >= 11 is 2.60. The van der Waals surface area contributed by atoms with E-state index in [9.17, 15) is 4.79 Å². The number of thioether (sulfide) groups is 1. The molecule has 6 nitrogen and oxygen atoms in total. The molecule has 0 saturated carbocycles. The monoisotopic (exact) mass is 373 g/mol.